The van der Waals surface area contributed by atoms with Gasteiger partial charge in [0.15, 0.2) is 9.84 Å². The van der Waals surface area contributed by atoms with Crippen LogP contribution in [-0.2, 0) is 16.3 Å². The van der Waals surface area contributed by atoms with E-state index in [2.05, 4.69) is 9.55 Å². The Morgan fingerprint density at radius 2 is 2.17 bits per heavy atom. The highest BCUT2D eigenvalue weighted by Gasteiger charge is 2.31. The molecule has 1 aromatic heterocycles. The van der Waals surface area contributed by atoms with E-state index in [4.69, 9.17) is 5.73 Å². The van der Waals surface area contributed by atoms with Crippen LogP contribution in [0.3, 0.4) is 0 Å². The van der Waals surface area contributed by atoms with E-state index < -0.39 is 9.84 Å². The Balaban J connectivity index is 1.95. The van der Waals surface area contributed by atoms with Crippen molar-refractivity contribution in [1.82, 2.24) is 9.55 Å². The maximum atomic E-state index is 11.7. The summed E-state index contributed by atoms with van der Waals surface area (Å²) in [6, 6.07) is 0. The van der Waals surface area contributed by atoms with Gasteiger partial charge in [0.1, 0.15) is 5.82 Å². The van der Waals surface area contributed by atoms with E-state index >= 15 is 0 Å². The number of rotatable bonds is 1. The standard InChI is InChI=1S/C12H19N3O2S/c13-11-5-1-4-10-7-14-12(15(10)11)9-3-2-6-18(16,17)8-9/h7,9,11H,1-6,8,13H2. The van der Waals surface area contributed by atoms with Gasteiger partial charge in [-0.1, -0.05) is 0 Å². The first kappa shape index (κ1) is 12.2. The van der Waals surface area contributed by atoms with E-state index in [-0.39, 0.29) is 17.8 Å². The first-order valence-corrected chi connectivity index (χ1v) is 8.41. The van der Waals surface area contributed by atoms with Crippen molar-refractivity contribution in [2.24, 2.45) is 5.73 Å². The van der Waals surface area contributed by atoms with Gasteiger partial charge in [0.05, 0.1) is 17.7 Å². The van der Waals surface area contributed by atoms with Crippen LogP contribution in [0.5, 0.6) is 0 Å². The monoisotopic (exact) mass is 269 g/mol. The lowest BCUT2D eigenvalue weighted by molar-refractivity contribution is 0.388. The molecule has 0 aromatic carbocycles. The van der Waals surface area contributed by atoms with Crippen LogP contribution in [0.1, 0.15) is 49.3 Å². The molecule has 1 aromatic rings. The van der Waals surface area contributed by atoms with Crippen LogP contribution in [0, 0.1) is 0 Å². The molecule has 0 amide bonds. The average molecular weight is 269 g/mol. The zero-order chi connectivity index (χ0) is 12.8. The molecule has 5 nitrogen and oxygen atoms in total. The van der Waals surface area contributed by atoms with Crippen molar-refractivity contribution in [1.29, 1.82) is 0 Å². The molecule has 6 heteroatoms. The number of hydrogen-bond acceptors (Lipinski definition) is 4. The van der Waals surface area contributed by atoms with Gasteiger partial charge in [-0.2, -0.15) is 0 Å². The van der Waals surface area contributed by atoms with E-state index in [1.54, 1.807) is 0 Å². The third-order valence-electron chi connectivity index (χ3n) is 3.99. The van der Waals surface area contributed by atoms with Gasteiger partial charge in [0, 0.05) is 17.8 Å². The second-order valence-electron chi connectivity index (χ2n) is 5.39. The minimum atomic E-state index is -2.90. The third-order valence-corrected chi connectivity index (χ3v) is 5.82. The lowest BCUT2D eigenvalue weighted by atomic mass is 10.0. The summed E-state index contributed by atoms with van der Waals surface area (Å²) in [6.45, 7) is 0. The summed E-state index contributed by atoms with van der Waals surface area (Å²) in [5.41, 5.74) is 7.30. The fraction of sp³-hybridized carbons (Fsp3) is 0.750. The number of nitrogens with two attached hydrogens (primary N) is 1. The van der Waals surface area contributed by atoms with Gasteiger partial charge < -0.3 is 10.3 Å². The van der Waals surface area contributed by atoms with Crippen LogP contribution in [0.15, 0.2) is 6.20 Å². The molecule has 100 valence electrons. The summed E-state index contributed by atoms with van der Waals surface area (Å²) in [5, 5.41) is 0. The summed E-state index contributed by atoms with van der Waals surface area (Å²) in [6.07, 6.45) is 6.53. The van der Waals surface area contributed by atoms with Crippen LogP contribution in [0.25, 0.3) is 0 Å². The molecular formula is C12H19N3O2S. The van der Waals surface area contributed by atoms with E-state index in [1.807, 2.05) is 6.20 Å². The second-order valence-corrected chi connectivity index (χ2v) is 7.62. The van der Waals surface area contributed by atoms with E-state index in [0.717, 1.165) is 43.6 Å². The van der Waals surface area contributed by atoms with Crippen molar-refractivity contribution in [3.63, 3.8) is 0 Å². The number of sulfone groups is 1. The average Bonchev–Trinajstić information content (AvgIpc) is 2.73. The van der Waals surface area contributed by atoms with E-state index in [0.29, 0.717) is 5.75 Å². The summed E-state index contributed by atoms with van der Waals surface area (Å²) in [5.74, 6) is 1.47. The predicted molar refractivity (Wildman–Crippen MR) is 69.0 cm³/mol. The second kappa shape index (κ2) is 4.35. The third kappa shape index (κ3) is 2.07. The Bertz CT molecular complexity index is 550. The number of aryl methyl sites for hydroxylation is 1. The van der Waals surface area contributed by atoms with Gasteiger partial charge in [0.25, 0.3) is 0 Å². The molecule has 2 unspecified atom stereocenters. The largest absolute Gasteiger partial charge is 0.316 e. The summed E-state index contributed by atoms with van der Waals surface area (Å²) in [7, 11) is -2.90. The number of fused-ring (bicyclic) bond motifs is 1. The Hall–Kier alpha value is -0.880. The highest BCUT2D eigenvalue weighted by Crippen LogP contribution is 2.32. The number of aromatic nitrogens is 2. The van der Waals surface area contributed by atoms with Gasteiger partial charge >= 0.3 is 0 Å². The van der Waals surface area contributed by atoms with Crippen LogP contribution in [0.2, 0.25) is 0 Å². The maximum absolute atomic E-state index is 11.7. The van der Waals surface area contributed by atoms with Crippen molar-refractivity contribution < 1.29 is 8.42 Å². The van der Waals surface area contributed by atoms with Crippen molar-refractivity contribution in [3.8, 4) is 0 Å². The van der Waals surface area contributed by atoms with Crippen LogP contribution in [-0.4, -0.2) is 29.5 Å². The molecule has 2 atom stereocenters. The maximum Gasteiger partial charge on any atom is 0.151 e. The van der Waals surface area contributed by atoms with Gasteiger partial charge in [-0.3, -0.25) is 0 Å². The zero-order valence-corrected chi connectivity index (χ0v) is 11.2. The fourth-order valence-corrected chi connectivity index (χ4v) is 4.83. The highest BCUT2D eigenvalue weighted by molar-refractivity contribution is 7.91. The van der Waals surface area contributed by atoms with Gasteiger partial charge in [-0.05, 0) is 32.1 Å². The molecular weight excluding hydrogens is 250 g/mol. The summed E-state index contributed by atoms with van der Waals surface area (Å²) >= 11 is 0. The van der Waals surface area contributed by atoms with Crippen LogP contribution < -0.4 is 5.73 Å². The lowest BCUT2D eigenvalue weighted by Gasteiger charge is -2.28. The van der Waals surface area contributed by atoms with Crippen molar-refractivity contribution in [3.05, 3.63) is 17.7 Å². The smallest absolute Gasteiger partial charge is 0.151 e. The van der Waals surface area contributed by atoms with Gasteiger partial charge in [0.2, 0.25) is 0 Å². The lowest BCUT2D eigenvalue weighted by Crippen LogP contribution is -2.31. The minimum absolute atomic E-state index is 0.0293. The number of hydrogen-bond donors (Lipinski definition) is 1. The van der Waals surface area contributed by atoms with E-state index in [9.17, 15) is 8.42 Å². The number of imidazole rings is 1. The molecule has 1 saturated heterocycles. The van der Waals surface area contributed by atoms with Crippen molar-refractivity contribution in [2.75, 3.05) is 11.5 Å². The Morgan fingerprint density at radius 3 is 2.94 bits per heavy atom. The first-order valence-electron chi connectivity index (χ1n) is 6.59. The molecule has 3 heterocycles. The molecule has 1 fully saturated rings. The van der Waals surface area contributed by atoms with Crippen LogP contribution >= 0.6 is 0 Å². The fourth-order valence-electron chi connectivity index (χ4n) is 3.13. The molecule has 2 N–H and O–H groups in total. The molecule has 0 spiro atoms. The normalized spacial score (nSPS) is 30.9. The SMILES string of the molecule is NC1CCCc2cnc(C3CCCS(=O)(=O)C3)n21. The molecule has 3 rings (SSSR count). The molecule has 18 heavy (non-hydrogen) atoms. The van der Waals surface area contributed by atoms with Gasteiger partial charge in [-0.25, -0.2) is 13.4 Å². The summed E-state index contributed by atoms with van der Waals surface area (Å²) < 4.78 is 25.6. The summed E-state index contributed by atoms with van der Waals surface area (Å²) in [4.78, 5) is 4.46. The Kier molecular flexibility index (Phi) is 2.94. The topological polar surface area (TPSA) is 78.0 Å². The van der Waals surface area contributed by atoms with Gasteiger partial charge in [-0.15, -0.1) is 0 Å². The quantitative estimate of drug-likeness (QED) is 0.824. The Morgan fingerprint density at radius 1 is 1.33 bits per heavy atom. The Labute approximate surface area is 107 Å². The molecule has 2 aliphatic rings. The number of nitrogens with zero attached hydrogens (tertiary/aromatic N) is 2. The van der Waals surface area contributed by atoms with Crippen LogP contribution in [0.4, 0.5) is 0 Å². The molecule has 0 bridgehead atoms. The first-order chi connectivity index (χ1) is 8.57. The molecule has 2 aliphatic heterocycles. The molecule has 0 radical (unpaired) electrons. The van der Waals surface area contributed by atoms with Crippen molar-refractivity contribution >= 4 is 9.84 Å². The predicted octanol–water partition coefficient (Wildman–Crippen LogP) is 0.969. The highest BCUT2D eigenvalue weighted by atomic mass is 32.2. The zero-order valence-electron chi connectivity index (χ0n) is 10.4. The van der Waals surface area contributed by atoms with Crippen molar-refractivity contribution in [2.45, 2.75) is 44.2 Å². The van der Waals surface area contributed by atoms with E-state index in [1.165, 1.54) is 0 Å². The minimum Gasteiger partial charge on any atom is -0.316 e. The molecule has 0 saturated carbocycles. The molecule has 0 aliphatic carbocycles.